The summed E-state index contributed by atoms with van der Waals surface area (Å²) in [7, 11) is 0. The number of nitro benzene ring substituents is 1. The Morgan fingerprint density at radius 1 is 1.17 bits per heavy atom. The van der Waals surface area contributed by atoms with Gasteiger partial charge in [-0.25, -0.2) is 18.3 Å². The number of alkyl halides is 2. The lowest BCUT2D eigenvalue weighted by molar-refractivity contribution is -0.384. The summed E-state index contributed by atoms with van der Waals surface area (Å²) in [5.41, 5.74) is -0.173. The average Bonchev–Trinajstić information content (AvgIpc) is 3.58. The summed E-state index contributed by atoms with van der Waals surface area (Å²) < 4.78 is 33.8. The molecule has 2 heterocycles. The molecule has 9 nitrogen and oxygen atoms in total. The number of nitro groups is 1. The van der Waals surface area contributed by atoms with Crippen LogP contribution in [0.25, 0.3) is 5.65 Å². The molecule has 178 valence electrons. The number of hydrogen-bond donors (Lipinski definition) is 1. The molecule has 1 saturated carbocycles. The fraction of sp³-hybridized carbons (Fsp3) is 0.174. The number of anilines is 1. The van der Waals surface area contributed by atoms with Gasteiger partial charge >= 0.3 is 0 Å². The molecule has 12 heteroatoms. The molecule has 0 atom stereocenters. The lowest BCUT2D eigenvalue weighted by atomic mass is 10.2. The second-order valence-corrected chi connectivity index (χ2v) is 8.39. The average molecular weight is 500 g/mol. The number of rotatable bonds is 7. The number of aromatic nitrogens is 3. The number of carbonyl (C=O) groups excluding carboxylic acids is 1. The SMILES string of the molecule is O=C(Nc1cc(Oc2ccc(Cl)cc2)cc([N+](=O)[O-])c1)c1cnn2c(C(F)F)cc(C3CC3)nc12. The Morgan fingerprint density at radius 2 is 1.91 bits per heavy atom. The van der Waals surface area contributed by atoms with Crippen molar-refractivity contribution in [2.45, 2.75) is 25.2 Å². The number of fused-ring (bicyclic) bond motifs is 1. The lowest BCUT2D eigenvalue weighted by Gasteiger charge is -2.10. The molecule has 1 N–H and O–H groups in total. The maximum atomic E-state index is 13.6. The Morgan fingerprint density at radius 3 is 2.57 bits per heavy atom. The number of nitrogens with one attached hydrogen (secondary N) is 1. The maximum absolute atomic E-state index is 13.6. The van der Waals surface area contributed by atoms with Gasteiger partial charge in [-0.15, -0.1) is 0 Å². The Bertz CT molecular complexity index is 1450. The van der Waals surface area contributed by atoms with E-state index in [1.807, 2.05) is 0 Å². The van der Waals surface area contributed by atoms with E-state index in [0.717, 1.165) is 29.6 Å². The van der Waals surface area contributed by atoms with E-state index in [2.05, 4.69) is 15.4 Å². The topological polar surface area (TPSA) is 112 Å². The van der Waals surface area contributed by atoms with E-state index < -0.39 is 17.3 Å². The molecule has 1 aliphatic rings. The Labute approximate surface area is 201 Å². The van der Waals surface area contributed by atoms with E-state index in [1.54, 1.807) is 24.3 Å². The van der Waals surface area contributed by atoms with Gasteiger partial charge in [-0.1, -0.05) is 11.6 Å². The van der Waals surface area contributed by atoms with Crippen molar-refractivity contribution in [1.82, 2.24) is 14.6 Å². The van der Waals surface area contributed by atoms with Gasteiger partial charge in [-0.3, -0.25) is 14.9 Å². The molecule has 5 rings (SSSR count). The maximum Gasteiger partial charge on any atom is 0.280 e. The van der Waals surface area contributed by atoms with Crippen molar-refractivity contribution >= 4 is 34.5 Å². The van der Waals surface area contributed by atoms with E-state index in [1.165, 1.54) is 18.2 Å². The standard InChI is InChI=1S/C23H16ClF2N5O4/c24-13-3-5-16(6-4-13)35-17-8-14(7-15(9-17)31(33)34)28-23(32)18-11-27-30-20(21(25)26)10-19(12-1-2-12)29-22(18)30/h3-12,21H,1-2H2,(H,28,32). The molecule has 2 aromatic carbocycles. The Hall–Kier alpha value is -4.12. The van der Waals surface area contributed by atoms with E-state index in [9.17, 15) is 23.7 Å². The number of halogens is 3. The van der Waals surface area contributed by atoms with Gasteiger partial charge in [0.05, 0.1) is 22.9 Å². The van der Waals surface area contributed by atoms with Gasteiger partial charge in [0.1, 0.15) is 22.8 Å². The van der Waals surface area contributed by atoms with Gasteiger partial charge in [0.15, 0.2) is 5.65 Å². The van der Waals surface area contributed by atoms with Crippen LogP contribution in [0, 0.1) is 10.1 Å². The van der Waals surface area contributed by atoms with Crippen LogP contribution in [0.3, 0.4) is 0 Å². The van der Waals surface area contributed by atoms with Crippen LogP contribution in [0.15, 0.2) is 54.7 Å². The first-order valence-corrected chi connectivity index (χ1v) is 10.9. The highest BCUT2D eigenvalue weighted by molar-refractivity contribution is 6.30. The van der Waals surface area contributed by atoms with Crippen molar-refractivity contribution in [2.24, 2.45) is 0 Å². The van der Waals surface area contributed by atoms with Crippen molar-refractivity contribution in [3.05, 3.63) is 86.8 Å². The molecule has 0 aliphatic heterocycles. The molecule has 0 unspecified atom stereocenters. The van der Waals surface area contributed by atoms with E-state index >= 15 is 0 Å². The first kappa shape index (κ1) is 22.7. The zero-order valence-electron chi connectivity index (χ0n) is 17.8. The van der Waals surface area contributed by atoms with Crippen LogP contribution in [-0.2, 0) is 0 Å². The molecule has 1 fully saturated rings. The predicted molar refractivity (Wildman–Crippen MR) is 122 cm³/mol. The fourth-order valence-corrected chi connectivity index (χ4v) is 3.69. The first-order chi connectivity index (χ1) is 16.8. The van der Waals surface area contributed by atoms with Crippen LogP contribution < -0.4 is 10.1 Å². The lowest BCUT2D eigenvalue weighted by Crippen LogP contribution is -2.13. The Balaban J connectivity index is 1.47. The second-order valence-electron chi connectivity index (χ2n) is 7.96. The summed E-state index contributed by atoms with van der Waals surface area (Å²) in [5.74, 6) is -0.150. The molecule has 35 heavy (non-hydrogen) atoms. The van der Waals surface area contributed by atoms with Gasteiger partial charge in [-0.05, 0) is 43.2 Å². The molecular weight excluding hydrogens is 484 g/mol. The number of ether oxygens (including phenoxy) is 1. The van der Waals surface area contributed by atoms with Crippen LogP contribution in [0.4, 0.5) is 20.2 Å². The predicted octanol–water partition coefficient (Wildman–Crippen LogP) is 6.15. The molecule has 1 aliphatic carbocycles. The normalized spacial score (nSPS) is 13.3. The minimum atomic E-state index is -2.81. The third-order valence-corrected chi connectivity index (χ3v) is 5.64. The largest absolute Gasteiger partial charge is 0.457 e. The van der Waals surface area contributed by atoms with Gasteiger partial charge in [-0.2, -0.15) is 5.10 Å². The minimum absolute atomic E-state index is 0.00901. The second kappa shape index (κ2) is 8.91. The number of nitrogens with zero attached hydrogens (tertiary/aromatic N) is 4. The molecule has 2 aromatic heterocycles. The number of hydrogen-bond acceptors (Lipinski definition) is 6. The van der Waals surface area contributed by atoms with Gasteiger partial charge in [0.25, 0.3) is 18.0 Å². The third kappa shape index (κ3) is 4.76. The van der Waals surface area contributed by atoms with Crippen LogP contribution in [0.2, 0.25) is 5.02 Å². The van der Waals surface area contributed by atoms with Crippen molar-refractivity contribution < 1.29 is 23.2 Å². The number of carbonyl (C=O) groups is 1. The van der Waals surface area contributed by atoms with Crippen molar-refractivity contribution in [3.63, 3.8) is 0 Å². The minimum Gasteiger partial charge on any atom is -0.457 e. The third-order valence-electron chi connectivity index (χ3n) is 5.39. The van der Waals surface area contributed by atoms with Crippen molar-refractivity contribution in [3.8, 4) is 11.5 Å². The number of amides is 1. The van der Waals surface area contributed by atoms with E-state index in [4.69, 9.17) is 16.3 Å². The highest BCUT2D eigenvalue weighted by Gasteiger charge is 2.29. The number of non-ortho nitro benzene ring substituents is 1. The van der Waals surface area contributed by atoms with Crippen LogP contribution in [0.1, 0.15) is 46.9 Å². The highest BCUT2D eigenvalue weighted by Crippen LogP contribution is 2.40. The van der Waals surface area contributed by atoms with Crippen molar-refractivity contribution in [1.29, 1.82) is 0 Å². The fourth-order valence-electron chi connectivity index (χ4n) is 3.57. The molecule has 1 amide bonds. The quantitative estimate of drug-likeness (QED) is 0.241. The van der Waals surface area contributed by atoms with Crippen LogP contribution >= 0.6 is 11.6 Å². The molecule has 0 saturated heterocycles. The molecule has 0 spiro atoms. The first-order valence-electron chi connectivity index (χ1n) is 10.5. The monoisotopic (exact) mass is 499 g/mol. The highest BCUT2D eigenvalue weighted by atomic mass is 35.5. The summed E-state index contributed by atoms with van der Waals surface area (Å²) in [5, 5.41) is 18.4. The molecule has 4 aromatic rings. The molecule has 0 radical (unpaired) electrons. The molecule has 0 bridgehead atoms. The molecular formula is C23H16ClF2N5O4. The van der Waals surface area contributed by atoms with E-state index in [0.29, 0.717) is 16.5 Å². The van der Waals surface area contributed by atoms with Gasteiger partial charge < -0.3 is 10.1 Å². The summed E-state index contributed by atoms with van der Waals surface area (Å²) in [6.07, 6.45) is 0.0121. The summed E-state index contributed by atoms with van der Waals surface area (Å²) in [6.45, 7) is 0. The van der Waals surface area contributed by atoms with Crippen molar-refractivity contribution in [2.75, 3.05) is 5.32 Å². The van der Waals surface area contributed by atoms with E-state index in [-0.39, 0.29) is 39.9 Å². The smallest absolute Gasteiger partial charge is 0.280 e. The summed E-state index contributed by atoms with van der Waals surface area (Å²) >= 11 is 5.87. The zero-order chi connectivity index (χ0) is 24.7. The Kier molecular flexibility index (Phi) is 5.77. The van der Waals surface area contributed by atoms with Gasteiger partial charge in [0.2, 0.25) is 0 Å². The van der Waals surface area contributed by atoms with Crippen LogP contribution in [-0.4, -0.2) is 25.4 Å². The summed E-state index contributed by atoms with van der Waals surface area (Å²) in [6, 6.07) is 11.4. The summed E-state index contributed by atoms with van der Waals surface area (Å²) in [4.78, 5) is 28.2. The van der Waals surface area contributed by atoms with Gasteiger partial charge in [0, 0.05) is 28.8 Å². The van der Waals surface area contributed by atoms with Crippen LogP contribution in [0.5, 0.6) is 11.5 Å². The zero-order valence-corrected chi connectivity index (χ0v) is 18.6. The number of benzene rings is 2.